The molecule has 0 spiro atoms. The van der Waals surface area contributed by atoms with Gasteiger partial charge in [-0.2, -0.15) is 0 Å². The predicted molar refractivity (Wildman–Crippen MR) is 115 cm³/mol. The summed E-state index contributed by atoms with van der Waals surface area (Å²) in [6.45, 7) is 4.18. The molecule has 0 aliphatic rings. The van der Waals surface area contributed by atoms with Crippen LogP contribution in [0.2, 0.25) is 0 Å². The third-order valence-electron chi connectivity index (χ3n) is 4.29. The molecule has 0 atom stereocenters. The summed E-state index contributed by atoms with van der Waals surface area (Å²) >= 11 is 1.71. The Hall–Kier alpha value is -2.99. The number of hydrogen-bond acceptors (Lipinski definition) is 8. The molecule has 11 heteroatoms. The van der Waals surface area contributed by atoms with Crippen LogP contribution in [0.5, 0.6) is 5.75 Å². The van der Waals surface area contributed by atoms with Crippen LogP contribution in [0.15, 0.2) is 35.7 Å². The number of rotatable bonds is 11. The Morgan fingerprint density at radius 2 is 1.66 bits per heavy atom. The lowest BCUT2D eigenvalue weighted by Crippen LogP contribution is -2.42. The van der Waals surface area contributed by atoms with Crippen LogP contribution in [-0.2, 0) is 27.5 Å². The van der Waals surface area contributed by atoms with Crippen LogP contribution in [0.3, 0.4) is 0 Å². The van der Waals surface area contributed by atoms with Gasteiger partial charge < -0.3 is 30.6 Å². The summed E-state index contributed by atoms with van der Waals surface area (Å²) in [4.78, 5) is 33.9. The van der Waals surface area contributed by atoms with E-state index >= 15 is 0 Å². The van der Waals surface area contributed by atoms with Gasteiger partial charge in [-0.15, -0.1) is 11.3 Å². The molecule has 0 unspecified atom stereocenters. The number of hydrogen-bond donors (Lipinski definition) is 6. The molecule has 0 saturated carbocycles. The number of carbonyl (C=O) groups is 3. The van der Waals surface area contributed by atoms with Crippen molar-refractivity contribution in [2.24, 2.45) is 0 Å². The van der Waals surface area contributed by atoms with Gasteiger partial charge in [0, 0.05) is 30.1 Å². The molecule has 0 fully saturated rings. The summed E-state index contributed by atoms with van der Waals surface area (Å²) < 4.78 is 0. The quantitative estimate of drug-likeness (QED) is 0.283. The molecule has 32 heavy (non-hydrogen) atoms. The van der Waals surface area contributed by atoms with Crippen molar-refractivity contribution in [2.45, 2.75) is 38.5 Å². The van der Waals surface area contributed by atoms with Gasteiger partial charge in [0.05, 0.1) is 19.4 Å². The number of carboxylic acids is 3. The maximum atomic E-state index is 10.3. The first kappa shape index (κ1) is 27.0. The second kappa shape index (κ2) is 12.8. The van der Waals surface area contributed by atoms with Crippen LogP contribution in [0, 0.1) is 6.92 Å². The maximum Gasteiger partial charge on any atom is 0.336 e. The first-order chi connectivity index (χ1) is 15.0. The Balaban J connectivity index is 0.000000347. The highest BCUT2D eigenvalue weighted by atomic mass is 32.1. The second-order valence-corrected chi connectivity index (χ2v) is 8.16. The number of phenols is 1. The summed E-state index contributed by atoms with van der Waals surface area (Å²) in [5.74, 6) is -4.70. The lowest BCUT2D eigenvalue weighted by Gasteiger charge is -2.21. The van der Waals surface area contributed by atoms with E-state index < -0.39 is 36.4 Å². The van der Waals surface area contributed by atoms with Crippen molar-refractivity contribution in [2.75, 3.05) is 13.2 Å². The van der Waals surface area contributed by atoms with Gasteiger partial charge in [0.15, 0.2) is 5.60 Å². The molecule has 176 valence electrons. The summed E-state index contributed by atoms with van der Waals surface area (Å²) in [5, 5.41) is 54.9. The largest absolute Gasteiger partial charge is 0.508 e. The van der Waals surface area contributed by atoms with Gasteiger partial charge in [-0.3, -0.25) is 14.5 Å². The topological polar surface area (TPSA) is 176 Å². The van der Waals surface area contributed by atoms with E-state index in [-0.39, 0.29) is 6.61 Å². The highest BCUT2D eigenvalue weighted by molar-refractivity contribution is 7.09. The Morgan fingerprint density at radius 3 is 2.12 bits per heavy atom. The van der Waals surface area contributed by atoms with Crippen LogP contribution >= 0.6 is 11.3 Å². The minimum atomic E-state index is -2.74. The number of nitrogens with zero attached hydrogens (tertiary/aromatic N) is 1. The van der Waals surface area contributed by atoms with E-state index in [1.165, 1.54) is 4.88 Å². The third-order valence-corrected chi connectivity index (χ3v) is 5.15. The summed E-state index contributed by atoms with van der Waals surface area (Å²) in [6.07, 6.45) is -2.29. The van der Waals surface area contributed by atoms with Gasteiger partial charge >= 0.3 is 17.9 Å². The van der Waals surface area contributed by atoms with Crippen molar-refractivity contribution < 1.29 is 45.0 Å². The fourth-order valence-electron chi connectivity index (χ4n) is 2.77. The molecular weight excluding hydrogens is 442 g/mol. The smallest absolute Gasteiger partial charge is 0.336 e. The molecule has 0 bridgehead atoms. The molecule has 2 aromatic rings. The molecule has 1 aromatic carbocycles. The monoisotopic (exact) mass is 469 g/mol. The molecular formula is C21H27NO9S. The fraction of sp³-hybridized carbons (Fsp3) is 0.381. The van der Waals surface area contributed by atoms with Crippen molar-refractivity contribution in [3.8, 4) is 5.75 Å². The van der Waals surface area contributed by atoms with Crippen LogP contribution < -0.4 is 0 Å². The Labute approximate surface area is 188 Å². The van der Waals surface area contributed by atoms with Gasteiger partial charge in [0.1, 0.15) is 5.75 Å². The zero-order valence-electron chi connectivity index (χ0n) is 17.5. The molecule has 2 rings (SSSR count). The maximum absolute atomic E-state index is 10.3. The minimum absolute atomic E-state index is 0.123. The van der Waals surface area contributed by atoms with E-state index in [0.29, 0.717) is 18.8 Å². The molecule has 0 radical (unpaired) electrons. The summed E-state index contributed by atoms with van der Waals surface area (Å²) in [7, 11) is 0. The normalized spacial score (nSPS) is 11.0. The molecule has 6 N–H and O–H groups in total. The number of carboxylic acid groups (broad SMARTS) is 3. The summed E-state index contributed by atoms with van der Waals surface area (Å²) in [5.41, 5.74) is -0.699. The minimum Gasteiger partial charge on any atom is -0.508 e. The van der Waals surface area contributed by atoms with Crippen LogP contribution in [0.25, 0.3) is 0 Å². The van der Waals surface area contributed by atoms with Crippen LogP contribution in [0.4, 0.5) is 0 Å². The van der Waals surface area contributed by atoms with Crippen LogP contribution in [-0.4, -0.2) is 72.2 Å². The van der Waals surface area contributed by atoms with Crippen LogP contribution in [0.1, 0.15) is 28.8 Å². The number of aryl methyl sites for hydroxylation is 1. The first-order valence-electron chi connectivity index (χ1n) is 9.50. The van der Waals surface area contributed by atoms with E-state index in [0.717, 1.165) is 17.7 Å². The molecule has 0 saturated heterocycles. The molecule has 1 aromatic heterocycles. The number of aliphatic carboxylic acids is 3. The van der Waals surface area contributed by atoms with Gasteiger partial charge in [0.25, 0.3) is 0 Å². The van der Waals surface area contributed by atoms with Gasteiger partial charge in [0.2, 0.25) is 0 Å². The average Bonchev–Trinajstić information content (AvgIpc) is 3.17. The lowest BCUT2D eigenvalue weighted by atomic mass is 9.96. The first-order valence-corrected chi connectivity index (χ1v) is 10.4. The van der Waals surface area contributed by atoms with E-state index in [2.05, 4.69) is 16.3 Å². The number of aromatic hydroxyl groups is 1. The average molecular weight is 470 g/mol. The summed E-state index contributed by atoms with van der Waals surface area (Å²) in [6, 6.07) is 9.74. The van der Waals surface area contributed by atoms with Crippen molar-refractivity contribution in [3.63, 3.8) is 0 Å². The molecule has 1 heterocycles. The van der Waals surface area contributed by atoms with E-state index in [1.807, 2.05) is 25.1 Å². The lowest BCUT2D eigenvalue weighted by molar-refractivity contribution is -0.170. The number of thiophene rings is 1. The fourth-order valence-corrected chi connectivity index (χ4v) is 3.52. The number of aliphatic hydroxyl groups is 2. The van der Waals surface area contributed by atoms with Crippen molar-refractivity contribution >= 4 is 29.2 Å². The molecule has 0 amide bonds. The second-order valence-electron chi connectivity index (χ2n) is 7.12. The number of benzene rings is 1. The Bertz CT molecular complexity index is 883. The molecule has 0 aliphatic heterocycles. The Kier molecular flexibility index (Phi) is 10.8. The van der Waals surface area contributed by atoms with E-state index in [4.69, 9.17) is 25.5 Å². The van der Waals surface area contributed by atoms with Gasteiger partial charge in [-0.1, -0.05) is 23.8 Å². The van der Waals surface area contributed by atoms with E-state index in [9.17, 15) is 19.5 Å². The predicted octanol–water partition coefficient (Wildman–Crippen LogP) is 1.51. The Morgan fingerprint density at radius 1 is 1.03 bits per heavy atom. The number of aliphatic hydroxyl groups excluding tert-OH is 1. The van der Waals surface area contributed by atoms with Crippen molar-refractivity contribution in [1.82, 2.24) is 4.90 Å². The molecule has 0 aliphatic carbocycles. The zero-order chi connectivity index (χ0) is 24.3. The highest BCUT2D eigenvalue weighted by Gasteiger charge is 2.40. The van der Waals surface area contributed by atoms with Crippen molar-refractivity contribution in [1.29, 1.82) is 0 Å². The number of phenolic OH excluding ortho intramolecular Hbond substituents is 1. The van der Waals surface area contributed by atoms with Crippen molar-refractivity contribution in [3.05, 3.63) is 51.7 Å². The SMILES string of the molecule is Cc1ccc(O)c(CN(CCO)Cc2cccs2)c1.O=C(O)CC(O)(CC(=O)O)C(=O)O. The molecule has 10 nitrogen and oxygen atoms in total. The third kappa shape index (κ3) is 9.43. The highest BCUT2D eigenvalue weighted by Crippen LogP contribution is 2.22. The van der Waals surface area contributed by atoms with Gasteiger partial charge in [-0.05, 0) is 24.4 Å². The zero-order valence-corrected chi connectivity index (χ0v) is 18.3. The standard InChI is InChI=1S/C15H19NO2S.C6H8O7/c1-12-4-5-15(18)13(9-12)10-16(6-7-17)11-14-3-2-8-19-14;7-3(8)1-6(13,5(11)12)2-4(9)10/h2-5,8-9,17-18H,6-7,10-11H2,1H3;13H,1-2H2,(H,7,8)(H,9,10)(H,11,12). The van der Waals surface area contributed by atoms with E-state index in [1.54, 1.807) is 17.4 Å². The van der Waals surface area contributed by atoms with Gasteiger partial charge in [-0.25, -0.2) is 4.79 Å².